The number of nitrogens with one attached hydrogen (secondary N) is 2. The van der Waals surface area contributed by atoms with E-state index in [-0.39, 0.29) is 24.0 Å². The molecular formula is C18H32IN3O3. The van der Waals surface area contributed by atoms with E-state index in [1.165, 1.54) is 6.42 Å². The molecule has 6 nitrogen and oxygen atoms in total. The molecule has 0 aliphatic rings. The maximum atomic E-state index is 5.54. The van der Waals surface area contributed by atoms with Crippen LogP contribution in [0.2, 0.25) is 0 Å². The van der Waals surface area contributed by atoms with Crippen LogP contribution in [0.3, 0.4) is 0 Å². The van der Waals surface area contributed by atoms with E-state index in [1.54, 1.807) is 21.3 Å². The Bertz CT molecular complexity index is 498. The van der Waals surface area contributed by atoms with E-state index in [0.29, 0.717) is 6.54 Å². The fourth-order valence-corrected chi connectivity index (χ4v) is 2.13. The van der Waals surface area contributed by atoms with Crippen molar-refractivity contribution < 1.29 is 14.2 Å². The molecule has 1 aromatic rings. The Labute approximate surface area is 168 Å². The molecule has 0 spiro atoms. The summed E-state index contributed by atoms with van der Waals surface area (Å²) in [7, 11) is 5.06. The lowest BCUT2D eigenvalue weighted by atomic mass is 10.2. The van der Waals surface area contributed by atoms with Crippen molar-refractivity contribution in [3.05, 3.63) is 23.8 Å². The van der Waals surface area contributed by atoms with Gasteiger partial charge in [-0.1, -0.05) is 13.3 Å². The number of nitrogens with zero attached hydrogens (tertiary/aromatic N) is 1. The predicted octanol–water partition coefficient (Wildman–Crippen LogP) is 3.19. The van der Waals surface area contributed by atoms with Crippen molar-refractivity contribution in [2.45, 2.75) is 32.7 Å². The van der Waals surface area contributed by atoms with Crippen LogP contribution in [0.25, 0.3) is 0 Å². The number of unbranched alkanes of at least 4 members (excludes halogenated alkanes) is 1. The number of rotatable bonds is 11. The molecule has 0 heterocycles. The number of hydrogen-bond donors (Lipinski definition) is 2. The van der Waals surface area contributed by atoms with Crippen LogP contribution in [-0.4, -0.2) is 47.0 Å². The van der Waals surface area contributed by atoms with Crippen molar-refractivity contribution in [2.75, 3.05) is 41.0 Å². The average Bonchev–Trinajstić information content (AvgIpc) is 2.63. The summed E-state index contributed by atoms with van der Waals surface area (Å²) in [6, 6.07) is 5.78. The topological polar surface area (TPSA) is 64.1 Å². The minimum Gasteiger partial charge on any atom is -0.497 e. The molecule has 0 fully saturated rings. The molecule has 144 valence electrons. The zero-order valence-corrected chi connectivity index (χ0v) is 18.1. The van der Waals surface area contributed by atoms with Crippen molar-refractivity contribution in [2.24, 2.45) is 4.99 Å². The van der Waals surface area contributed by atoms with Gasteiger partial charge in [0.1, 0.15) is 11.5 Å². The second-order valence-electron chi connectivity index (χ2n) is 5.35. The summed E-state index contributed by atoms with van der Waals surface area (Å²) in [5, 5.41) is 6.57. The molecule has 7 heteroatoms. The molecule has 0 aromatic heterocycles. The maximum absolute atomic E-state index is 5.54. The Kier molecular flexibility index (Phi) is 14.3. The normalized spacial score (nSPS) is 10.8. The molecule has 2 N–H and O–H groups in total. The number of guanidine groups is 1. The van der Waals surface area contributed by atoms with Crippen molar-refractivity contribution in [1.82, 2.24) is 10.6 Å². The third-order valence-corrected chi connectivity index (χ3v) is 3.56. The van der Waals surface area contributed by atoms with Crippen LogP contribution in [-0.2, 0) is 11.3 Å². The van der Waals surface area contributed by atoms with Crippen LogP contribution in [0.5, 0.6) is 11.5 Å². The van der Waals surface area contributed by atoms with E-state index >= 15 is 0 Å². The van der Waals surface area contributed by atoms with Gasteiger partial charge in [0, 0.05) is 45.0 Å². The predicted molar refractivity (Wildman–Crippen MR) is 114 cm³/mol. The van der Waals surface area contributed by atoms with Crippen molar-refractivity contribution >= 4 is 29.9 Å². The average molecular weight is 465 g/mol. The molecule has 0 saturated heterocycles. The number of benzene rings is 1. The fraction of sp³-hybridized carbons (Fsp3) is 0.611. The first-order valence-electron chi connectivity index (χ1n) is 8.48. The Morgan fingerprint density at radius 3 is 2.48 bits per heavy atom. The Hall–Kier alpha value is -1.22. The van der Waals surface area contributed by atoms with Gasteiger partial charge in [-0.05, 0) is 25.0 Å². The van der Waals surface area contributed by atoms with Crippen molar-refractivity contribution in [3.8, 4) is 11.5 Å². The van der Waals surface area contributed by atoms with E-state index in [0.717, 1.165) is 55.6 Å². The summed E-state index contributed by atoms with van der Waals surface area (Å²) in [5.41, 5.74) is 1.05. The van der Waals surface area contributed by atoms with Gasteiger partial charge in [-0.3, -0.25) is 4.99 Å². The summed E-state index contributed by atoms with van der Waals surface area (Å²) < 4.78 is 16.2. The lowest BCUT2D eigenvalue weighted by molar-refractivity contribution is 0.129. The van der Waals surface area contributed by atoms with Crippen LogP contribution < -0.4 is 20.1 Å². The monoisotopic (exact) mass is 465 g/mol. The number of aliphatic imine (C=N–C) groups is 1. The zero-order valence-electron chi connectivity index (χ0n) is 15.8. The highest BCUT2D eigenvalue weighted by Crippen LogP contribution is 2.24. The summed E-state index contributed by atoms with van der Waals surface area (Å²) in [6.45, 7) is 5.24. The maximum Gasteiger partial charge on any atom is 0.191 e. The highest BCUT2D eigenvalue weighted by molar-refractivity contribution is 14.0. The fourth-order valence-electron chi connectivity index (χ4n) is 2.13. The Morgan fingerprint density at radius 1 is 1.08 bits per heavy atom. The summed E-state index contributed by atoms with van der Waals surface area (Å²) in [5.74, 6) is 2.34. The summed E-state index contributed by atoms with van der Waals surface area (Å²) >= 11 is 0. The smallest absolute Gasteiger partial charge is 0.191 e. The molecule has 0 radical (unpaired) electrons. The number of methoxy groups -OCH3 is 2. The van der Waals surface area contributed by atoms with E-state index in [9.17, 15) is 0 Å². The molecule has 0 saturated carbocycles. The molecule has 1 rings (SSSR count). The molecule has 0 aliphatic heterocycles. The Morgan fingerprint density at radius 2 is 1.84 bits per heavy atom. The number of ether oxygens (including phenoxy) is 3. The van der Waals surface area contributed by atoms with Gasteiger partial charge in [0.2, 0.25) is 0 Å². The van der Waals surface area contributed by atoms with Gasteiger partial charge in [0.25, 0.3) is 0 Å². The van der Waals surface area contributed by atoms with E-state index < -0.39 is 0 Å². The highest BCUT2D eigenvalue weighted by Gasteiger charge is 2.06. The first-order valence-corrected chi connectivity index (χ1v) is 8.48. The van der Waals surface area contributed by atoms with Gasteiger partial charge in [0.15, 0.2) is 5.96 Å². The quantitative estimate of drug-likeness (QED) is 0.228. The molecule has 0 unspecified atom stereocenters. The van der Waals surface area contributed by atoms with Crippen LogP contribution in [0, 0.1) is 0 Å². The molecule has 0 amide bonds. The second kappa shape index (κ2) is 15.1. The summed E-state index contributed by atoms with van der Waals surface area (Å²) in [6.07, 6.45) is 3.25. The minimum absolute atomic E-state index is 0. The van der Waals surface area contributed by atoms with Crippen LogP contribution in [0.4, 0.5) is 0 Å². The van der Waals surface area contributed by atoms with Gasteiger partial charge < -0.3 is 24.8 Å². The number of hydrogen-bond acceptors (Lipinski definition) is 4. The highest BCUT2D eigenvalue weighted by atomic mass is 127. The molecule has 0 aliphatic carbocycles. The van der Waals surface area contributed by atoms with Crippen LogP contribution in [0.15, 0.2) is 23.2 Å². The SMILES string of the molecule is CCCCOCCCNC(=NC)NCc1ccc(OC)cc1OC.I. The molecule has 1 aromatic carbocycles. The minimum atomic E-state index is 0. The largest absolute Gasteiger partial charge is 0.497 e. The van der Waals surface area contributed by atoms with Crippen molar-refractivity contribution in [1.29, 1.82) is 0 Å². The van der Waals surface area contributed by atoms with Gasteiger partial charge in [-0.25, -0.2) is 0 Å². The van der Waals surface area contributed by atoms with Crippen LogP contribution >= 0.6 is 24.0 Å². The van der Waals surface area contributed by atoms with E-state index in [4.69, 9.17) is 14.2 Å². The standard InChI is InChI=1S/C18H31N3O3.HI/c1-5-6-11-24-12-7-10-20-18(19-2)21-14-15-8-9-16(22-3)13-17(15)23-4;/h8-9,13H,5-7,10-12,14H2,1-4H3,(H2,19,20,21);1H. The molecule has 25 heavy (non-hydrogen) atoms. The first kappa shape index (κ1) is 23.8. The lowest BCUT2D eigenvalue weighted by Crippen LogP contribution is -2.37. The van der Waals surface area contributed by atoms with Gasteiger partial charge in [0.05, 0.1) is 14.2 Å². The number of halogens is 1. The first-order chi connectivity index (χ1) is 11.7. The lowest BCUT2D eigenvalue weighted by Gasteiger charge is -2.14. The summed E-state index contributed by atoms with van der Waals surface area (Å²) in [4.78, 5) is 4.23. The molecule has 0 bridgehead atoms. The van der Waals surface area contributed by atoms with E-state index in [2.05, 4.69) is 22.5 Å². The second-order valence-corrected chi connectivity index (χ2v) is 5.35. The molecule has 0 atom stereocenters. The third kappa shape index (κ3) is 9.74. The Balaban J connectivity index is 0.00000576. The zero-order chi connectivity index (χ0) is 17.6. The van der Waals surface area contributed by atoms with Gasteiger partial charge >= 0.3 is 0 Å². The molecular weight excluding hydrogens is 433 g/mol. The van der Waals surface area contributed by atoms with E-state index in [1.807, 2.05) is 18.2 Å². The van der Waals surface area contributed by atoms with Crippen LogP contribution in [0.1, 0.15) is 31.7 Å². The van der Waals surface area contributed by atoms with Crippen molar-refractivity contribution in [3.63, 3.8) is 0 Å². The van der Waals surface area contributed by atoms with Gasteiger partial charge in [-0.2, -0.15) is 0 Å². The third-order valence-electron chi connectivity index (χ3n) is 3.56. The van der Waals surface area contributed by atoms with Gasteiger partial charge in [-0.15, -0.1) is 24.0 Å².